The van der Waals surface area contributed by atoms with E-state index < -0.39 is 0 Å². The highest BCUT2D eigenvalue weighted by Crippen LogP contribution is 2.15. The molecular weight excluding hydrogens is 348 g/mol. The average Bonchev–Trinajstić information content (AvgIpc) is 2.66. The lowest BCUT2D eigenvalue weighted by molar-refractivity contribution is -0.132. The van der Waals surface area contributed by atoms with Gasteiger partial charge in [-0.05, 0) is 42.3 Å². The molecule has 0 atom stereocenters. The molecule has 0 N–H and O–H groups in total. The maximum atomic E-state index is 12.5. The molecule has 2 aromatic carbocycles. The van der Waals surface area contributed by atoms with Gasteiger partial charge in [0.25, 0.3) is 0 Å². The van der Waals surface area contributed by atoms with Crippen molar-refractivity contribution in [2.24, 2.45) is 0 Å². The van der Waals surface area contributed by atoms with Gasteiger partial charge in [0.05, 0.1) is 13.0 Å². The van der Waals surface area contributed by atoms with Crippen LogP contribution in [0.5, 0.6) is 5.75 Å². The zero-order chi connectivity index (χ0) is 18.4. The third-order valence-electron chi connectivity index (χ3n) is 4.63. The van der Waals surface area contributed by atoms with Crippen LogP contribution in [-0.2, 0) is 17.8 Å². The summed E-state index contributed by atoms with van der Waals surface area (Å²) in [7, 11) is 0. The molecule has 3 rings (SSSR count). The molecule has 4 nitrogen and oxygen atoms in total. The Morgan fingerprint density at radius 3 is 2.19 bits per heavy atom. The monoisotopic (exact) mass is 372 g/mol. The third-order valence-corrected chi connectivity index (χ3v) is 4.89. The van der Waals surface area contributed by atoms with Crippen LogP contribution in [0, 0.1) is 0 Å². The number of hydrogen-bond donors (Lipinski definition) is 0. The number of nitrogens with zero attached hydrogens (tertiary/aromatic N) is 2. The zero-order valence-electron chi connectivity index (χ0n) is 15.2. The van der Waals surface area contributed by atoms with E-state index in [1.54, 1.807) is 0 Å². The molecule has 0 aliphatic carbocycles. The van der Waals surface area contributed by atoms with E-state index in [4.69, 9.17) is 16.3 Å². The Bertz CT molecular complexity index is 708. The molecule has 0 radical (unpaired) electrons. The Balaban J connectivity index is 1.46. The van der Waals surface area contributed by atoms with Crippen LogP contribution in [0.1, 0.15) is 18.1 Å². The number of piperazine rings is 1. The van der Waals surface area contributed by atoms with E-state index in [0.29, 0.717) is 13.0 Å². The van der Waals surface area contributed by atoms with E-state index >= 15 is 0 Å². The minimum absolute atomic E-state index is 0.195. The smallest absolute Gasteiger partial charge is 0.227 e. The van der Waals surface area contributed by atoms with Gasteiger partial charge < -0.3 is 9.64 Å². The number of hydrogen-bond acceptors (Lipinski definition) is 3. The average molecular weight is 373 g/mol. The van der Waals surface area contributed by atoms with Gasteiger partial charge in [-0.15, -0.1) is 0 Å². The number of halogens is 1. The first-order chi connectivity index (χ1) is 12.6. The van der Waals surface area contributed by atoms with E-state index in [1.165, 1.54) is 5.56 Å². The van der Waals surface area contributed by atoms with Crippen LogP contribution < -0.4 is 4.74 Å². The Labute approximate surface area is 160 Å². The second kappa shape index (κ2) is 9.06. The van der Waals surface area contributed by atoms with Crippen LogP contribution in [0.25, 0.3) is 0 Å². The highest BCUT2D eigenvalue weighted by atomic mass is 35.5. The predicted molar refractivity (Wildman–Crippen MR) is 105 cm³/mol. The van der Waals surface area contributed by atoms with Crippen molar-refractivity contribution in [3.05, 3.63) is 64.7 Å². The second-order valence-corrected chi connectivity index (χ2v) is 6.97. The van der Waals surface area contributed by atoms with Gasteiger partial charge in [-0.2, -0.15) is 0 Å². The van der Waals surface area contributed by atoms with Crippen molar-refractivity contribution in [2.45, 2.75) is 19.9 Å². The van der Waals surface area contributed by atoms with Crippen molar-refractivity contribution < 1.29 is 9.53 Å². The highest BCUT2D eigenvalue weighted by molar-refractivity contribution is 6.30. The molecule has 1 aliphatic heterocycles. The first-order valence-corrected chi connectivity index (χ1v) is 9.48. The SMILES string of the molecule is CCOc1ccc(CC(=O)N2CCN(Cc3ccc(Cl)cc3)CC2)cc1. The molecule has 26 heavy (non-hydrogen) atoms. The van der Waals surface area contributed by atoms with Gasteiger partial charge in [0.15, 0.2) is 0 Å². The van der Waals surface area contributed by atoms with Crippen LogP contribution in [0.4, 0.5) is 0 Å². The molecule has 0 bridgehead atoms. The van der Waals surface area contributed by atoms with Crippen LogP contribution in [-0.4, -0.2) is 48.5 Å². The maximum Gasteiger partial charge on any atom is 0.227 e. The number of carbonyl (C=O) groups is 1. The summed E-state index contributed by atoms with van der Waals surface area (Å²) in [5, 5.41) is 0.762. The second-order valence-electron chi connectivity index (χ2n) is 6.54. The number of benzene rings is 2. The topological polar surface area (TPSA) is 32.8 Å². The van der Waals surface area contributed by atoms with Crippen molar-refractivity contribution in [1.29, 1.82) is 0 Å². The van der Waals surface area contributed by atoms with Crippen molar-refractivity contribution in [3.8, 4) is 5.75 Å². The molecule has 0 unspecified atom stereocenters. The molecule has 1 amide bonds. The summed E-state index contributed by atoms with van der Waals surface area (Å²) in [6.45, 7) is 6.88. The Hall–Kier alpha value is -2.04. The summed E-state index contributed by atoms with van der Waals surface area (Å²) in [5.41, 5.74) is 2.28. The summed E-state index contributed by atoms with van der Waals surface area (Å²) < 4.78 is 5.44. The van der Waals surface area contributed by atoms with E-state index in [2.05, 4.69) is 17.0 Å². The fraction of sp³-hybridized carbons (Fsp3) is 0.381. The van der Waals surface area contributed by atoms with Crippen molar-refractivity contribution in [2.75, 3.05) is 32.8 Å². The largest absolute Gasteiger partial charge is 0.494 e. The Morgan fingerprint density at radius 2 is 1.58 bits per heavy atom. The van der Waals surface area contributed by atoms with Gasteiger partial charge in [0.1, 0.15) is 5.75 Å². The molecule has 1 aliphatic rings. The summed E-state index contributed by atoms with van der Waals surface area (Å²) in [5.74, 6) is 1.04. The predicted octanol–water partition coefficient (Wildman–Crippen LogP) is 3.63. The summed E-state index contributed by atoms with van der Waals surface area (Å²) >= 11 is 5.93. The lowest BCUT2D eigenvalue weighted by atomic mass is 10.1. The highest BCUT2D eigenvalue weighted by Gasteiger charge is 2.21. The molecule has 0 saturated carbocycles. The molecule has 0 spiro atoms. The standard InChI is InChI=1S/C21H25ClN2O2/c1-2-26-20-9-5-17(6-10-20)15-21(25)24-13-11-23(12-14-24)16-18-3-7-19(22)8-4-18/h3-10H,2,11-16H2,1H3. The molecule has 1 saturated heterocycles. The molecule has 0 aromatic heterocycles. The summed E-state index contributed by atoms with van der Waals surface area (Å²) in [4.78, 5) is 16.9. The number of rotatable bonds is 6. The lowest BCUT2D eigenvalue weighted by Gasteiger charge is -2.34. The van der Waals surface area contributed by atoms with Gasteiger partial charge in [-0.3, -0.25) is 9.69 Å². The van der Waals surface area contributed by atoms with Crippen molar-refractivity contribution in [3.63, 3.8) is 0 Å². The number of amides is 1. The lowest BCUT2D eigenvalue weighted by Crippen LogP contribution is -2.48. The van der Waals surface area contributed by atoms with Crippen LogP contribution in [0.15, 0.2) is 48.5 Å². The van der Waals surface area contributed by atoms with Crippen LogP contribution >= 0.6 is 11.6 Å². The molecular formula is C21H25ClN2O2. The minimum atomic E-state index is 0.195. The zero-order valence-corrected chi connectivity index (χ0v) is 15.9. The normalized spacial score (nSPS) is 15.1. The molecule has 1 heterocycles. The van der Waals surface area contributed by atoms with Gasteiger partial charge in [-0.1, -0.05) is 35.9 Å². The maximum absolute atomic E-state index is 12.5. The van der Waals surface area contributed by atoms with E-state index in [-0.39, 0.29) is 5.91 Å². The van der Waals surface area contributed by atoms with Crippen molar-refractivity contribution in [1.82, 2.24) is 9.80 Å². The first-order valence-electron chi connectivity index (χ1n) is 9.10. The number of ether oxygens (including phenoxy) is 1. The molecule has 2 aromatic rings. The summed E-state index contributed by atoms with van der Waals surface area (Å²) in [6.07, 6.45) is 0.448. The van der Waals surface area contributed by atoms with Crippen molar-refractivity contribution >= 4 is 17.5 Å². The van der Waals surface area contributed by atoms with E-state index in [1.807, 2.05) is 48.2 Å². The minimum Gasteiger partial charge on any atom is -0.494 e. The van der Waals surface area contributed by atoms with Crippen LogP contribution in [0.2, 0.25) is 5.02 Å². The quantitative estimate of drug-likeness (QED) is 0.776. The molecule has 5 heteroatoms. The fourth-order valence-electron chi connectivity index (χ4n) is 3.16. The van der Waals surface area contributed by atoms with E-state index in [0.717, 1.165) is 49.1 Å². The van der Waals surface area contributed by atoms with Gasteiger partial charge in [0, 0.05) is 37.7 Å². The van der Waals surface area contributed by atoms with Gasteiger partial charge in [-0.25, -0.2) is 0 Å². The Morgan fingerprint density at radius 1 is 0.962 bits per heavy atom. The van der Waals surface area contributed by atoms with E-state index in [9.17, 15) is 4.79 Å². The summed E-state index contributed by atoms with van der Waals surface area (Å²) in [6, 6.07) is 15.8. The van der Waals surface area contributed by atoms with Gasteiger partial charge in [0.2, 0.25) is 5.91 Å². The third kappa shape index (κ3) is 5.23. The fourth-order valence-corrected chi connectivity index (χ4v) is 3.29. The Kier molecular flexibility index (Phi) is 6.53. The first kappa shape index (κ1) is 18.7. The van der Waals surface area contributed by atoms with Crippen LogP contribution in [0.3, 0.4) is 0 Å². The number of carbonyl (C=O) groups excluding carboxylic acids is 1. The molecule has 1 fully saturated rings. The van der Waals surface area contributed by atoms with Gasteiger partial charge >= 0.3 is 0 Å². The molecule has 138 valence electrons.